The van der Waals surface area contributed by atoms with Gasteiger partial charge in [0.05, 0.1) is 12.6 Å². The monoisotopic (exact) mass is 447 g/mol. The van der Waals surface area contributed by atoms with Crippen LogP contribution in [-0.2, 0) is 4.79 Å². The molecule has 2 amide bonds. The number of hydrogen-bond donors (Lipinski definition) is 3. The Hall–Kier alpha value is -3.49. The second kappa shape index (κ2) is 10.4. The largest absolute Gasteiger partial charge is 0.360 e. The SMILES string of the molecule is CN1CCN(CC(NC(=O)CNC(=O)c2c[nH]c3ccccc3c2=O)c2ccccc2)CC1. The number of aromatic amines is 1. The van der Waals surface area contributed by atoms with Crippen LogP contribution < -0.4 is 16.1 Å². The molecule has 1 saturated heterocycles. The summed E-state index contributed by atoms with van der Waals surface area (Å²) in [6.45, 7) is 4.35. The first-order chi connectivity index (χ1) is 16.0. The summed E-state index contributed by atoms with van der Waals surface area (Å²) < 4.78 is 0. The van der Waals surface area contributed by atoms with E-state index in [4.69, 9.17) is 0 Å². The smallest absolute Gasteiger partial charge is 0.257 e. The summed E-state index contributed by atoms with van der Waals surface area (Å²) >= 11 is 0. The second-order valence-electron chi connectivity index (χ2n) is 8.39. The summed E-state index contributed by atoms with van der Waals surface area (Å²) in [5, 5.41) is 6.06. The van der Waals surface area contributed by atoms with Crippen molar-refractivity contribution in [1.82, 2.24) is 25.4 Å². The molecule has 0 radical (unpaired) electrons. The fraction of sp³-hybridized carbons (Fsp3) is 0.320. The van der Waals surface area contributed by atoms with E-state index in [-0.39, 0.29) is 29.5 Å². The van der Waals surface area contributed by atoms with E-state index in [1.165, 1.54) is 6.20 Å². The zero-order chi connectivity index (χ0) is 23.2. The summed E-state index contributed by atoms with van der Waals surface area (Å²) in [6, 6.07) is 16.6. The molecule has 1 aliphatic rings. The highest BCUT2D eigenvalue weighted by Gasteiger charge is 2.22. The van der Waals surface area contributed by atoms with Crippen LogP contribution in [0.15, 0.2) is 65.6 Å². The first-order valence-corrected chi connectivity index (χ1v) is 11.1. The number of piperazine rings is 1. The summed E-state index contributed by atoms with van der Waals surface area (Å²) in [5.41, 5.74) is 1.30. The van der Waals surface area contributed by atoms with Crippen LogP contribution in [0.5, 0.6) is 0 Å². The average molecular weight is 448 g/mol. The zero-order valence-corrected chi connectivity index (χ0v) is 18.7. The standard InChI is InChI=1S/C25H29N5O3/c1-29-11-13-30(14-12-29)17-22(18-7-3-2-4-8-18)28-23(31)16-27-25(33)20-15-26-21-10-6-5-9-19(21)24(20)32/h2-10,15,22H,11-14,16-17H2,1H3,(H,26,32)(H,27,33)(H,28,31). The normalized spacial score (nSPS) is 15.8. The maximum atomic E-state index is 12.7. The van der Waals surface area contributed by atoms with Crippen molar-refractivity contribution in [2.24, 2.45) is 0 Å². The van der Waals surface area contributed by atoms with Crippen molar-refractivity contribution in [3.8, 4) is 0 Å². The van der Waals surface area contributed by atoms with Crippen LogP contribution in [0.1, 0.15) is 22.0 Å². The van der Waals surface area contributed by atoms with Crippen molar-refractivity contribution in [2.45, 2.75) is 6.04 Å². The number of likely N-dealkylation sites (N-methyl/N-ethyl adjacent to an activating group) is 1. The van der Waals surface area contributed by atoms with E-state index in [0.29, 0.717) is 17.4 Å². The number of para-hydroxylation sites is 1. The lowest BCUT2D eigenvalue weighted by atomic mass is 10.1. The van der Waals surface area contributed by atoms with Crippen LogP contribution in [0, 0.1) is 0 Å². The van der Waals surface area contributed by atoms with Crippen molar-refractivity contribution in [3.05, 3.63) is 82.1 Å². The predicted molar refractivity (Wildman–Crippen MR) is 128 cm³/mol. The molecule has 3 aromatic rings. The van der Waals surface area contributed by atoms with Crippen molar-refractivity contribution in [1.29, 1.82) is 0 Å². The van der Waals surface area contributed by atoms with Crippen LogP contribution in [-0.4, -0.2) is 72.9 Å². The number of H-pyrrole nitrogens is 1. The Morgan fingerprint density at radius 3 is 2.45 bits per heavy atom. The third-order valence-electron chi connectivity index (χ3n) is 6.02. The number of nitrogens with one attached hydrogen (secondary N) is 3. The van der Waals surface area contributed by atoms with E-state index in [9.17, 15) is 14.4 Å². The number of carbonyl (C=O) groups is 2. The van der Waals surface area contributed by atoms with Gasteiger partial charge in [-0.3, -0.25) is 19.3 Å². The van der Waals surface area contributed by atoms with E-state index in [2.05, 4.69) is 32.5 Å². The molecule has 1 aliphatic heterocycles. The first kappa shape index (κ1) is 22.7. The maximum Gasteiger partial charge on any atom is 0.257 e. The summed E-state index contributed by atoms with van der Waals surface area (Å²) in [7, 11) is 2.11. The zero-order valence-electron chi connectivity index (χ0n) is 18.7. The molecule has 8 heteroatoms. The number of rotatable bonds is 7. The van der Waals surface area contributed by atoms with Gasteiger partial charge in [-0.15, -0.1) is 0 Å². The Labute approximate surface area is 192 Å². The molecule has 8 nitrogen and oxygen atoms in total. The molecule has 0 spiro atoms. The Morgan fingerprint density at radius 1 is 1.00 bits per heavy atom. The fourth-order valence-electron chi connectivity index (χ4n) is 4.05. The minimum absolute atomic E-state index is 0.0152. The predicted octanol–water partition coefficient (Wildman–Crippen LogP) is 1.36. The number of nitrogens with zero attached hydrogens (tertiary/aromatic N) is 2. The lowest BCUT2D eigenvalue weighted by Gasteiger charge is -2.35. The summed E-state index contributed by atoms with van der Waals surface area (Å²) in [6.07, 6.45) is 1.39. The number of hydrogen-bond acceptors (Lipinski definition) is 5. The van der Waals surface area contributed by atoms with Crippen LogP contribution in [0.4, 0.5) is 0 Å². The Morgan fingerprint density at radius 2 is 1.70 bits per heavy atom. The quantitative estimate of drug-likeness (QED) is 0.508. The number of benzene rings is 2. The van der Waals surface area contributed by atoms with Gasteiger partial charge in [0.15, 0.2) is 0 Å². The van der Waals surface area contributed by atoms with Crippen molar-refractivity contribution in [2.75, 3.05) is 46.3 Å². The number of amides is 2. The molecule has 1 unspecified atom stereocenters. The molecule has 33 heavy (non-hydrogen) atoms. The van der Waals surface area contributed by atoms with Crippen molar-refractivity contribution >= 4 is 22.7 Å². The van der Waals surface area contributed by atoms with Gasteiger partial charge in [0.25, 0.3) is 5.91 Å². The summed E-state index contributed by atoms with van der Waals surface area (Å²) in [4.78, 5) is 45.5. The topological polar surface area (TPSA) is 97.5 Å². The van der Waals surface area contributed by atoms with Gasteiger partial charge in [0.1, 0.15) is 5.56 Å². The number of fused-ring (bicyclic) bond motifs is 1. The lowest BCUT2D eigenvalue weighted by molar-refractivity contribution is -0.121. The fourth-order valence-corrected chi connectivity index (χ4v) is 4.05. The van der Waals surface area contributed by atoms with Gasteiger partial charge < -0.3 is 20.5 Å². The highest BCUT2D eigenvalue weighted by atomic mass is 16.2. The molecule has 2 heterocycles. The third kappa shape index (κ3) is 5.66. The molecule has 1 atom stereocenters. The van der Waals surface area contributed by atoms with Gasteiger partial charge in [-0.05, 0) is 24.7 Å². The van der Waals surface area contributed by atoms with Crippen LogP contribution in [0.2, 0.25) is 0 Å². The molecule has 2 aromatic carbocycles. The Bertz CT molecular complexity index is 1170. The molecular weight excluding hydrogens is 418 g/mol. The maximum absolute atomic E-state index is 12.7. The Balaban J connectivity index is 1.39. The van der Waals surface area contributed by atoms with E-state index in [1.54, 1.807) is 18.2 Å². The molecule has 1 aromatic heterocycles. The molecule has 3 N–H and O–H groups in total. The minimum atomic E-state index is -0.576. The lowest BCUT2D eigenvalue weighted by Crippen LogP contribution is -2.48. The minimum Gasteiger partial charge on any atom is -0.360 e. The average Bonchev–Trinajstić information content (AvgIpc) is 2.84. The molecule has 0 bridgehead atoms. The first-order valence-electron chi connectivity index (χ1n) is 11.1. The van der Waals surface area contributed by atoms with E-state index < -0.39 is 5.91 Å². The molecule has 1 fully saturated rings. The molecule has 0 saturated carbocycles. The van der Waals surface area contributed by atoms with E-state index in [0.717, 1.165) is 31.7 Å². The van der Waals surface area contributed by atoms with Crippen LogP contribution in [0.3, 0.4) is 0 Å². The third-order valence-corrected chi connectivity index (χ3v) is 6.02. The molecule has 4 rings (SSSR count). The molecule has 0 aliphatic carbocycles. The van der Waals surface area contributed by atoms with Crippen LogP contribution in [0.25, 0.3) is 10.9 Å². The van der Waals surface area contributed by atoms with E-state index in [1.807, 2.05) is 36.4 Å². The highest BCUT2D eigenvalue weighted by molar-refractivity contribution is 5.98. The van der Waals surface area contributed by atoms with Crippen molar-refractivity contribution < 1.29 is 9.59 Å². The van der Waals surface area contributed by atoms with Crippen LogP contribution >= 0.6 is 0 Å². The highest BCUT2D eigenvalue weighted by Crippen LogP contribution is 2.15. The van der Waals surface area contributed by atoms with Gasteiger partial charge >= 0.3 is 0 Å². The number of carbonyl (C=O) groups excluding carboxylic acids is 2. The molecule has 172 valence electrons. The number of pyridine rings is 1. The van der Waals surface area contributed by atoms with E-state index >= 15 is 0 Å². The molecular formula is C25H29N5O3. The van der Waals surface area contributed by atoms with Gasteiger partial charge in [0.2, 0.25) is 11.3 Å². The van der Waals surface area contributed by atoms with Gasteiger partial charge in [-0.1, -0.05) is 42.5 Å². The van der Waals surface area contributed by atoms with Crippen molar-refractivity contribution in [3.63, 3.8) is 0 Å². The number of aromatic nitrogens is 1. The van der Waals surface area contributed by atoms with Gasteiger partial charge in [-0.25, -0.2) is 0 Å². The summed E-state index contributed by atoms with van der Waals surface area (Å²) in [5.74, 6) is -0.879. The van der Waals surface area contributed by atoms with Gasteiger partial charge in [-0.2, -0.15) is 0 Å². The Kier molecular flexibility index (Phi) is 7.16. The second-order valence-corrected chi connectivity index (χ2v) is 8.39. The van der Waals surface area contributed by atoms with Gasteiger partial charge in [0, 0.05) is 49.8 Å².